The van der Waals surface area contributed by atoms with E-state index < -0.39 is 18.4 Å². The van der Waals surface area contributed by atoms with Crippen LogP contribution < -0.4 is 5.32 Å². The zero-order valence-electron chi connectivity index (χ0n) is 25.9. The van der Waals surface area contributed by atoms with Crippen molar-refractivity contribution in [2.45, 2.75) is 63.7 Å². The summed E-state index contributed by atoms with van der Waals surface area (Å²) in [5.74, 6) is -0.0414. The number of aliphatic hydroxyl groups is 1. The van der Waals surface area contributed by atoms with E-state index in [1.54, 1.807) is 24.9 Å². The number of esters is 1. The van der Waals surface area contributed by atoms with Crippen molar-refractivity contribution in [2.75, 3.05) is 5.75 Å². The van der Waals surface area contributed by atoms with Crippen LogP contribution in [-0.2, 0) is 44.0 Å². The highest BCUT2D eigenvalue weighted by Gasteiger charge is 2.38. The number of nitrogens with zero attached hydrogens (tertiary/aromatic N) is 2. The molecular formula is C35H39N3O6S. The number of thioether (sulfide) groups is 1. The first-order chi connectivity index (χ1) is 21.7. The number of hydrogen-bond donors (Lipinski definition) is 2. The molecule has 1 aromatic heterocycles. The molecule has 0 saturated carbocycles. The Kier molecular flexibility index (Phi) is 10.7. The van der Waals surface area contributed by atoms with Crippen LogP contribution in [0.4, 0.5) is 0 Å². The van der Waals surface area contributed by atoms with Crippen LogP contribution in [0.5, 0.6) is 0 Å². The van der Waals surface area contributed by atoms with Crippen molar-refractivity contribution in [1.29, 1.82) is 0 Å². The molecule has 10 heteroatoms. The molecule has 1 aliphatic rings. The highest BCUT2D eigenvalue weighted by atomic mass is 32.2. The van der Waals surface area contributed by atoms with E-state index >= 15 is 0 Å². The van der Waals surface area contributed by atoms with E-state index in [1.807, 2.05) is 90.6 Å². The summed E-state index contributed by atoms with van der Waals surface area (Å²) in [4.78, 5) is 27.9. The molecule has 1 aliphatic heterocycles. The number of imidazole rings is 1. The maximum absolute atomic E-state index is 12.3. The molecule has 236 valence electrons. The van der Waals surface area contributed by atoms with E-state index in [9.17, 15) is 14.7 Å². The summed E-state index contributed by atoms with van der Waals surface area (Å²) >= 11 is 1.67. The van der Waals surface area contributed by atoms with Crippen LogP contribution in [0.2, 0.25) is 0 Å². The smallest absolute Gasteiger partial charge is 0.303 e. The number of benzene rings is 3. The van der Waals surface area contributed by atoms with Gasteiger partial charge in [-0.1, -0.05) is 85.4 Å². The second-order valence-electron chi connectivity index (χ2n) is 11.2. The SMILES string of the molecule is CC(=O)OC(C)C(=O)NCc1cccc(-c2ccc(C3OC(CSc4nccn4C)C(C)C(c4ccc(CO)cc4)O3)cc2)c1. The molecule has 1 amide bonds. The molecule has 0 bridgehead atoms. The molecule has 5 atom stereocenters. The molecule has 2 N–H and O–H groups in total. The Morgan fingerprint density at radius 3 is 2.42 bits per heavy atom. The molecule has 9 nitrogen and oxygen atoms in total. The summed E-state index contributed by atoms with van der Waals surface area (Å²) in [6.45, 7) is 5.29. The number of amides is 1. The Balaban J connectivity index is 1.31. The Labute approximate surface area is 267 Å². The number of carbonyl (C=O) groups excluding carboxylic acids is 2. The van der Waals surface area contributed by atoms with Gasteiger partial charge in [-0.15, -0.1) is 0 Å². The van der Waals surface area contributed by atoms with Gasteiger partial charge in [-0.05, 0) is 40.8 Å². The Morgan fingerprint density at radius 1 is 1.02 bits per heavy atom. The first kappa shape index (κ1) is 32.4. The summed E-state index contributed by atoms with van der Waals surface area (Å²) in [6, 6.07) is 24.0. The van der Waals surface area contributed by atoms with Crippen molar-refractivity contribution in [3.8, 4) is 11.1 Å². The van der Waals surface area contributed by atoms with Crippen LogP contribution >= 0.6 is 11.8 Å². The van der Waals surface area contributed by atoms with Crippen LogP contribution in [0.15, 0.2) is 90.3 Å². The summed E-state index contributed by atoms with van der Waals surface area (Å²) in [7, 11) is 1.98. The number of rotatable bonds is 11. The summed E-state index contributed by atoms with van der Waals surface area (Å²) in [6.07, 6.45) is 2.03. The van der Waals surface area contributed by atoms with Gasteiger partial charge in [0.2, 0.25) is 0 Å². The van der Waals surface area contributed by atoms with Gasteiger partial charge >= 0.3 is 5.97 Å². The third-order valence-electron chi connectivity index (χ3n) is 7.90. The van der Waals surface area contributed by atoms with Crippen molar-refractivity contribution >= 4 is 23.6 Å². The molecule has 1 fully saturated rings. The van der Waals surface area contributed by atoms with E-state index in [1.165, 1.54) is 6.92 Å². The predicted octanol–water partition coefficient (Wildman–Crippen LogP) is 5.73. The fourth-order valence-electron chi connectivity index (χ4n) is 5.29. The van der Waals surface area contributed by atoms with Crippen LogP contribution in [0, 0.1) is 5.92 Å². The number of nitrogens with one attached hydrogen (secondary N) is 1. The van der Waals surface area contributed by atoms with E-state index in [0.717, 1.165) is 44.3 Å². The van der Waals surface area contributed by atoms with Gasteiger partial charge in [0, 0.05) is 50.1 Å². The topological polar surface area (TPSA) is 112 Å². The van der Waals surface area contributed by atoms with E-state index in [-0.39, 0.29) is 30.6 Å². The number of aromatic nitrogens is 2. The zero-order valence-corrected chi connectivity index (χ0v) is 26.7. The standard InChI is InChI=1S/C35H39N3O6S/c1-22-31(21-45-35-36-16-17-38(35)4)43-34(44-32(22)28-10-8-25(20-39)9-11-28)29-14-12-27(13-15-29)30-7-5-6-26(18-30)19-37-33(41)23(2)42-24(3)40/h5-18,22-23,31-32,34,39H,19-21H2,1-4H3,(H,37,41). The van der Waals surface area contributed by atoms with Crippen LogP contribution in [0.1, 0.15) is 55.4 Å². The lowest BCUT2D eigenvalue weighted by Gasteiger charge is -2.41. The normalized spacial score (nSPS) is 20.4. The minimum Gasteiger partial charge on any atom is -0.453 e. The maximum atomic E-state index is 12.3. The number of aliphatic hydroxyl groups excluding tert-OH is 1. The van der Waals surface area contributed by atoms with Crippen molar-refractivity contribution in [1.82, 2.24) is 14.9 Å². The van der Waals surface area contributed by atoms with Crippen LogP contribution in [0.25, 0.3) is 11.1 Å². The van der Waals surface area contributed by atoms with Gasteiger partial charge in [-0.2, -0.15) is 0 Å². The third kappa shape index (κ3) is 8.20. The molecule has 0 aliphatic carbocycles. The molecule has 3 aromatic carbocycles. The van der Waals surface area contributed by atoms with Crippen molar-refractivity contribution in [2.24, 2.45) is 13.0 Å². The molecule has 0 radical (unpaired) electrons. The Morgan fingerprint density at radius 2 is 1.76 bits per heavy atom. The number of aryl methyl sites for hydroxylation is 1. The Bertz CT molecular complexity index is 1590. The number of hydrogen-bond acceptors (Lipinski definition) is 8. The second kappa shape index (κ2) is 14.9. The first-order valence-corrected chi connectivity index (χ1v) is 16.0. The van der Waals surface area contributed by atoms with Crippen molar-refractivity contribution in [3.05, 3.63) is 107 Å². The van der Waals surface area contributed by atoms with Gasteiger partial charge in [-0.25, -0.2) is 4.98 Å². The third-order valence-corrected chi connectivity index (χ3v) is 9.05. The molecule has 1 saturated heterocycles. The molecular weight excluding hydrogens is 590 g/mol. The van der Waals surface area contributed by atoms with Gasteiger partial charge in [-0.3, -0.25) is 9.59 Å². The number of carbonyl (C=O) groups is 2. The maximum Gasteiger partial charge on any atom is 0.303 e. The van der Waals surface area contributed by atoms with Crippen LogP contribution in [0.3, 0.4) is 0 Å². The van der Waals surface area contributed by atoms with E-state index in [2.05, 4.69) is 17.2 Å². The molecule has 4 aromatic rings. The second-order valence-corrected chi connectivity index (χ2v) is 12.2. The summed E-state index contributed by atoms with van der Waals surface area (Å²) in [5.41, 5.74) is 5.76. The van der Waals surface area contributed by atoms with Gasteiger partial charge in [0.25, 0.3) is 5.91 Å². The lowest BCUT2D eigenvalue weighted by atomic mass is 9.91. The quantitative estimate of drug-likeness (QED) is 0.160. The largest absolute Gasteiger partial charge is 0.453 e. The summed E-state index contributed by atoms with van der Waals surface area (Å²) in [5, 5.41) is 13.3. The molecule has 5 rings (SSSR count). The van der Waals surface area contributed by atoms with Gasteiger partial charge in [0.15, 0.2) is 17.6 Å². The van der Waals surface area contributed by atoms with Crippen molar-refractivity contribution in [3.63, 3.8) is 0 Å². The van der Waals surface area contributed by atoms with Gasteiger partial charge in [0.1, 0.15) is 0 Å². The minimum absolute atomic E-state index is 0.00476. The lowest BCUT2D eigenvalue weighted by Crippen LogP contribution is -2.38. The molecule has 5 unspecified atom stereocenters. The molecule has 2 heterocycles. The minimum atomic E-state index is -0.849. The fourth-order valence-corrected chi connectivity index (χ4v) is 6.38. The summed E-state index contributed by atoms with van der Waals surface area (Å²) < 4.78 is 20.2. The van der Waals surface area contributed by atoms with Crippen LogP contribution in [-0.4, -0.2) is 44.5 Å². The average Bonchev–Trinajstić information content (AvgIpc) is 3.47. The van der Waals surface area contributed by atoms with E-state index in [0.29, 0.717) is 6.54 Å². The first-order valence-electron chi connectivity index (χ1n) is 15.0. The molecule has 0 spiro atoms. The highest BCUT2D eigenvalue weighted by molar-refractivity contribution is 7.99. The van der Waals surface area contributed by atoms with E-state index in [4.69, 9.17) is 14.2 Å². The van der Waals surface area contributed by atoms with Crippen molar-refractivity contribution < 1.29 is 28.9 Å². The monoisotopic (exact) mass is 629 g/mol. The molecule has 45 heavy (non-hydrogen) atoms. The highest BCUT2D eigenvalue weighted by Crippen LogP contribution is 2.43. The van der Waals surface area contributed by atoms with Gasteiger partial charge in [0.05, 0.1) is 18.8 Å². The predicted molar refractivity (Wildman–Crippen MR) is 172 cm³/mol. The fraction of sp³-hybridized carbons (Fsp3) is 0.343. The number of ether oxygens (including phenoxy) is 3. The average molecular weight is 630 g/mol. The zero-order chi connectivity index (χ0) is 31.9. The lowest BCUT2D eigenvalue weighted by molar-refractivity contribution is -0.268. The Hall–Kier alpha value is -3.96. The van der Waals surface area contributed by atoms with Gasteiger partial charge < -0.3 is 29.2 Å².